The molecule has 1 aliphatic rings. The van der Waals surface area contributed by atoms with Gasteiger partial charge in [-0.3, -0.25) is 4.79 Å². The number of aryl methyl sites for hydroxylation is 1. The molecule has 0 spiro atoms. The van der Waals surface area contributed by atoms with Crippen LogP contribution in [0.25, 0.3) is 0 Å². The number of likely N-dealkylation sites (tertiary alicyclic amines) is 1. The molecule has 2 heterocycles. The third kappa shape index (κ3) is 4.29. The van der Waals surface area contributed by atoms with E-state index in [4.69, 9.17) is 4.74 Å². The summed E-state index contributed by atoms with van der Waals surface area (Å²) in [6, 6.07) is 12.4. The quantitative estimate of drug-likeness (QED) is 0.906. The van der Waals surface area contributed by atoms with Crippen LogP contribution in [0.3, 0.4) is 0 Å². The lowest BCUT2D eigenvalue weighted by Crippen LogP contribution is -2.42. The first-order valence-corrected chi connectivity index (χ1v) is 8.87. The van der Waals surface area contributed by atoms with Crippen LogP contribution in [0.1, 0.15) is 35.7 Å². The predicted molar refractivity (Wildman–Crippen MR) is 99.1 cm³/mol. The first-order chi connectivity index (χ1) is 12.2. The Labute approximate surface area is 149 Å². The number of carbonyl (C=O) groups excluding carboxylic acids is 1. The van der Waals surface area contributed by atoms with Gasteiger partial charge in [-0.25, -0.2) is 4.98 Å². The smallest absolute Gasteiger partial charge is 0.259 e. The van der Waals surface area contributed by atoms with E-state index in [0.717, 1.165) is 31.6 Å². The van der Waals surface area contributed by atoms with E-state index in [1.165, 1.54) is 5.56 Å². The molecule has 1 fully saturated rings. The van der Waals surface area contributed by atoms with E-state index in [0.29, 0.717) is 24.1 Å². The molecule has 3 rings (SSSR count). The van der Waals surface area contributed by atoms with Crippen molar-refractivity contribution in [2.75, 3.05) is 25.0 Å². The maximum absolute atomic E-state index is 12.8. The molecule has 1 N–H and O–H groups in total. The van der Waals surface area contributed by atoms with E-state index < -0.39 is 0 Å². The number of carbonyl (C=O) groups is 1. The molecule has 5 nitrogen and oxygen atoms in total. The Bertz CT molecular complexity index is 707. The molecule has 5 heteroatoms. The van der Waals surface area contributed by atoms with Gasteiger partial charge in [0.1, 0.15) is 5.56 Å². The van der Waals surface area contributed by atoms with Crippen LogP contribution in [-0.4, -0.2) is 41.5 Å². The molecule has 1 aromatic carbocycles. The summed E-state index contributed by atoms with van der Waals surface area (Å²) >= 11 is 0. The molecule has 132 valence electrons. The SMILES string of the molecule is CCOc1ncccc1C(=O)N1CCC(Nc2ccc(C)cc2)CC1. The van der Waals surface area contributed by atoms with E-state index >= 15 is 0 Å². The van der Waals surface area contributed by atoms with Gasteiger partial charge >= 0.3 is 0 Å². The second-order valence-electron chi connectivity index (χ2n) is 6.37. The topological polar surface area (TPSA) is 54.5 Å². The number of aromatic nitrogens is 1. The number of ether oxygens (including phenoxy) is 1. The molecule has 0 bridgehead atoms. The summed E-state index contributed by atoms with van der Waals surface area (Å²) in [6.07, 6.45) is 3.52. The second-order valence-corrected chi connectivity index (χ2v) is 6.37. The number of anilines is 1. The lowest BCUT2D eigenvalue weighted by atomic mass is 10.0. The summed E-state index contributed by atoms with van der Waals surface area (Å²) in [5.74, 6) is 0.431. The molecule has 1 amide bonds. The second kappa shape index (κ2) is 8.01. The highest BCUT2D eigenvalue weighted by Crippen LogP contribution is 2.21. The number of benzene rings is 1. The Kier molecular flexibility index (Phi) is 5.53. The highest BCUT2D eigenvalue weighted by atomic mass is 16.5. The fourth-order valence-corrected chi connectivity index (χ4v) is 3.09. The minimum atomic E-state index is 0.00494. The molecular formula is C20H25N3O2. The first kappa shape index (κ1) is 17.3. The molecule has 25 heavy (non-hydrogen) atoms. The van der Waals surface area contributed by atoms with Crippen LogP contribution in [0.4, 0.5) is 5.69 Å². The molecule has 0 saturated carbocycles. The Hall–Kier alpha value is -2.56. The maximum Gasteiger partial charge on any atom is 0.259 e. The third-order valence-electron chi connectivity index (χ3n) is 4.49. The van der Waals surface area contributed by atoms with E-state index in [9.17, 15) is 4.79 Å². The van der Waals surface area contributed by atoms with Crippen molar-refractivity contribution >= 4 is 11.6 Å². The van der Waals surface area contributed by atoms with Crippen molar-refractivity contribution in [1.82, 2.24) is 9.88 Å². The van der Waals surface area contributed by atoms with Crippen LogP contribution in [0.2, 0.25) is 0 Å². The number of amides is 1. The molecule has 1 aromatic heterocycles. The normalized spacial score (nSPS) is 15.0. The minimum absolute atomic E-state index is 0.00494. The van der Waals surface area contributed by atoms with E-state index in [1.54, 1.807) is 18.3 Å². The van der Waals surface area contributed by atoms with E-state index in [1.807, 2.05) is 11.8 Å². The van der Waals surface area contributed by atoms with Crippen LogP contribution in [0, 0.1) is 6.92 Å². The van der Waals surface area contributed by atoms with Crippen molar-refractivity contribution in [3.05, 3.63) is 53.7 Å². The summed E-state index contributed by atoms with van der Waals surface area (Å²) in [5, 5.41) is 3.56. The van der Waals surface area contributed by atoms with Crippen LogP contribution < -0.4 is 10.1 Å². The third-order valence-corrected chi connectivity index (χ3v) is 4.49. The zero-order valence-corrected chi connectivity index (χ0v) is 14.9. The van der Waals surface area contributed by atoms with Gasteiger partial charge in [0.15, 0.2) is 0 Å². The molecule has 0 radical (unpaired) electrons. The molecule has 1 saturated heterocycles. The zero-order chi connectivity index (χ0) is 17.6. The van der Waals surface area contributed by atoms with Gasteiger partial charge in [0.2, 0.25) is 5.88 Å². The molecule has 0 atom stereocenters. The van der Waals surface area contributed by atoms with Crippen molar-refractivity contribution in [3.8, 4) is 5.88 Å². The minimum Gasteiger partial charge on any atom is -0.477 e. The standard InChI is InChI=1S/C20H25N3O2/c1-3-25-19-18(5-4-12-21-19)20(24)23-13-10-17(11-14-23)22-16-8-6-15(2)7-9-16/h4-9,12,17,22H,3,10-11,13-14H2,1-2H3. The average molecular weight is 339 g/mol. The summed E-state index contributed by atoms with van der Waals surface area (Å²) < 4.78 is 5.49. The van der Waals surface area contributed by atoms with Gasteiger partial charge in [-0.1, -0.05) is 17.7 Å². The summed E-state index contributed by atoms with van der Waals surface area (Å²) in [4.78, 5) is 18.9. The predicted octanol–water partition coefficient (Wildman–Crippen LogP) is 3.51. The Morgan fingerprint density at radius 2 is 1.96 bits per heavy atom. The number of hydrogen-bond acceptors (Lipinski definition) is 4. The number of nitrogens with one attached hydrogen (secondary N) is 1. The fourth-order valence-electron chi connectivity index (χ4n) is 3.09. The van der Waals surface area contributed by atoms with Gasteiger partial charge in [0.25, 0.3) is 5.91 Å². The van der Waals surface area contributed by atoms with Crippen LogP contribution in [-0.2, 0) is 0 Å². The van der Waals surface area contributed by atoms with Crippen molar-refractivity contribution in [2.24, 2.45) is 0 Å². The Balaban J connectivity index is 1.58. The fraction of sp³-hybridized carbons (Fsp3) is 0.400. The molecular weight excluding hydrogens is 314 g/mol. The van der Waals surface area contributed by atoms with E-state index in [-0.39, 0.29) is 5.91 Å². The largest absolute Gasteiger partial charge is 0.477 e. The van der Waals surface area contributed by atoms with Gasteiger partial charge in [0, 0.05) is 31.0 Å². The number of rotatable bonds is 5. The number of hydrogen-bond donors (Lipinski definition) is 1. The highest BCUT2D eigenvalue weighted by Gasteiger charge is 2.25. The highest BCUT2D eigenvalue weighted by molar-refractivity contribution is 5.96. The Morgan fingerprint density at radius 1 is 1.24 bits per heavy atom. The van der Waals surface area contributed by atoms with Crippen molar-refractivity contribution in [2.45, 2.75) is 32.7 Å². The zero-order valence-electron chi connectivity index (χ0n) is 14.9. The van der Waals surface area contributed by atoms with Crippen molar-refractivity contribution in [3.63, 3.8) is 0 Å². The maximum atomic E-state index is 12.8. The van der Waals surface area contributed by atoms with Gasteiger partial charge in [-0.15, -0.1) is 0 Å². The van der Waals surface area contributed by atoms with Crippen molar-refractivity contribution in [1.29, 1.82) is 0 Å². The van der Waals surface area contributed by atoms with Gasteiger partial charge in [-0.05, 0) is 51.0 Å². The molecule has 1 aliphatic heterocycles. The monoisotopic (exact) mass is 339 g/mol. The lowest BCUT2D eigenvalue weighted by molar-refractivity contribution is 0.0713. The lowest BCUT2D eigenvalue weighted by Gasteiger charge is -2.33. The summed E-state index contributed by atoms with van der Waals surface area (Å²) in [6.45, 7) is 5.96. The number of pyridine rings is 1. The molecule has 0 unspecified atom stereocenters. The first-order valence-electron chi connectivity index (χ1n) is 8.87. The number of piperidine rings is 1. The van der Waals surface area contributed by atoms with Gasteiger partial charge in [0.05, 0.1) is 6.61 Å². The number of nitrogens with zero attached hydrogens (tertiary/aromatic N) is 2. The summed E-state index contributed by atoms with van der Waals surface area (Å²) in [5.41, 5.74) is 2.95. The van der Waals surface area contributed by atoms with Crippen molar-refractivity contribution < 1.29 is 9.53 Å². The van der Waals surface area contributed by atoms with Gasteiger partial charge in [-0.2, -0.15) is 0 Å². The van der Waals surface area contributed by atoms with Crippen LogP contribution >= 0.6 is 0 Å². The average Bonchev–Trinajstić information content (AvgIpc) is 2.64. The molecule has 0 aliphatic carbocycles. The van der Waals surface area contributed by atoms with Crippen LogP contribution in [0.15, 0.2) is 42.6 Å². The van der Waals surface area contributed by atoms with E-state index in [2.05, 4.69) is 41.5 Å². The van der Waals surface area contributed by atoms with Gasteiger partial charge < -0.3 is 15.0 Å². The van der Waals surface area contributed by atoms with Crippen LogP contribution in [0.5, 0.6) is 5.88 Å². The molecule has 2 aromatic rings. The summed E-state index contributed by atoms with van der Waals surface area (Å²) in [7, 11) is 0. The Morgan fingerprint density at radius 3 is 2.64 bits per heavy atom.